The Morgan fingerprint density at radius 1 is 1.14 bits per heavy atom. The minimum Gasteiger partial charge on any atom is -0.433 e. The number of fused-ring (bicyclic) bond motifs is 1. The number of hydrogen-bond donors (Lipinski definition) is 0. The van der Waals surface area contributed by atoms with Crippen molar-refractivity contribution in [3.05, 3.63) is 35.9 Å². The zero-order chi connectivity index (χ0) is 15.7. The van der Waals surface area contributed by atoms with Gasteiger partial charge in [0, 0.05) is 6.92 Å². The molecule has 22 heavy (non-hydrogen) atoms. The van der Waals surface area contributed by atoms with Crippen molar-refractivity contribution in [1.29, 1.82) is 0 Å². The van der Waals surface area contributed by atoms with E-state index in [-0.39, 0.29) is 0 Å². The first-order valence-electron chi connectivity index (χ1n) is 7.28. The van der Waals surface area contributed by atoms with Crippen molar-refractivity contribution in [3.8, 4) is 0 Å². The van der Waals surface area contributed by atoms with E-state index >= 15 is 0 Å². The average Bonchev–Trinajstić information content (AvgIpc) is 2.92. The topological polar surface area (TPSA) is 63.2 Å². The molecule has 2 heterocycles. The molecule has 0 aromatic heterocycles. The summed E-state index contributed by atoms with van der Waals surface area (Å²) in [4.78, 5) is 11.2. The molecule has 4 atom stereocenters. The van der Waals surface area contributed by atoms with Crippen LogP contribution in [-0.4, -0.2) is 36.5 Å². The molecular formula is C16H20O6. The van der Waals surface area contributed by atoms with E-state index in [0.717, 1.165) is 5.56 Å². The van der Waals surface area contributed by atoms with Gasteiger partial charge in [0.1, 0.15) is 6.10 Å². The standard InChI is InChI=1S/C16H20O6/c1-10(17)19-15-13-12(21-16(2,3)22-13)14(20-15)18-9-11-7-5-4-6-8-11/h4-8,12-15H,9H2,1-3H3/t12-,13+,14-,15-/m1/s1. The smallest absolute Gasteiger partial charge is 0.305 e. The molecule has 0 amide bonds. The Hall–Kier alpha value is -1.47. The first-order chi connectivity index (χ1) is 10.4. The van der Waals surface area contributed by atoms with Crippen molar-refractivity contribution >= 4 is 5.97 Å². The van der Waals surface area contributed by atoms with Crippen LogP contribution in [0.1, 0.15) is 26.3 Å². The van der Waals surface area contributed by atoms with E-state index in [2.05, 4.69) is 0 Å². The summed E-state index contributed by atoms with van der Waals surface area (Å²) in [6, 6.07) is 9.75. The fourth-order valence-electron chi connectivity index (χ4n) is 2.67. The number of esters is 1. The van der Waals surface area contributed by atoms with E-state index in [4.69, 9.17) is 23.7 Å². The van der Waals surface area contributed by atoms with Crippen molar-refractivity contribution < 1.29 is 28.5 Å². The predicted molar refractivity (Wildman–Crippen MR) is 75.5 cm³/mol. The van der Waals surface area contributed by atoms with E-state index in [1.54, 1.807) is 0 Å². The fourth-order valence-corrected chi connectivity index (χ4v) is 2.67. The maximum Gasteiger partial charge on any atom is 0.305 e. The van der Waals surface area contributed by atoms with Gasteiger partial charge in [0.25, 0.3) is 0 Å². The zero-order valence-corrected chi connectivity index (χ0v) is 12.9. The molecule has 0 radical (unpaired) electrons. The second-order valence-electron chi connectivity index (χ2n) is 5.84. The minimum absolute atomic E-state index is 0.380. The maximum atomic E-state index is 11.2. The molecule has 0 unspecified atom stereocenters. The molecule has 0 aliphatic carbocycles. The van der Waals surface area contributed by atoms with Gasteiger partial charge in [-0.2, -0.15) is 0 Å². The van der Waals surface area contributed by atoms with Crippen LogP contribution >= 0.6 is 0 Å². The maximum absolute atomic E-state index is 11.2. The number of ether oxygens (including phenoxy) is 5. The minimum atomic E-state index is -0.815. The average molecular weight is 308 g/mol. The molecule has 1 aromatic rings. The van der Waals surface area contributed by atoms with Gasteiger partial charge in [0.2, 0.25) is 6.29 Å². The van der Waals surface area contributed by atoms with Gasteiger partial charge in [-0.3, -0.25) is 4.79 Å². The third-order valence-electron chi connectivity index (χ3n) is 3.51. The summed E-state index contributed by atoms with van der Waals surface area (Å²) >= 11 is 0. The molecule has 2 fully saturated rings. The Balaban J connectivity index is 1.67. The zero-order valence-electron chi connectivity index (χ0n) is 12.9. The molecule has 120 valence electrons. The summed E-state index contributed by atoms with van der Waals surface area (Å²) in [5.74, 6) is -1.19. The van der Waals surface area contributed by atoms with Crippen LogP contribution in [0.4, 0.5) is 0 Å². The third-order valence-corrected chi connectivity index (χ3v) is 3.51. The summed E-state index contributed by atoms with van der Waals surface area (Å²) in [6.45, 7) is 5.33. The summed E-state index contributed by atoms with van der Waals surface area (Å²) in [5, 5.41) is 0. The molecule has 6 heteroatoms. The molecule has 0 N–H and O–H groups in total. The Morgan fingerprint density at radius 3 is 2.41 bits per heavy atom. The summed E-state index contributed by atoms with van der Waals surface area (Å²) in [7, 11) is 0. The van der Waals surface area contributed by atoms with E-state index in [9.17, 15) is 4.79 Å². The number of hydrogen-bond acceptors (Lipinski definition) is 6. The van der Waals surface area contributed by atoms with Gasteiger partial charge in [-0.1, -0.05) is 30.3 Å². The lowest BCUT2D eigenvalue weighted by Crippen LogP contribution is -2.32. The predicted octanol–water partition coefficient (Wildman–Crippen LogP) is 1.97. The molecule has 0 saturated carbocycles. The Morgan fingerprint density at radius 2 is 1.77 bits per heavy atom. The van der Waals surface area contributed by atoms with Crippen LogP contribution in [-0.2, 0) is 35.1 Å². The first-order valence-corrected chi connectivity index (χ1v) is 7.28. The van der Waals surface area contributed by atoms with Crippen LogP contribution in [0.3, 0.4) is 0 Å². The molecule has 6 nitrogen and oxygen atoms in total. The Labute approximate surface area is 129 Å². The highest BCUT2D eigenvalue weighted by atomic mass is 16.8. The molecule has 3 rings (SSSR count). The van der Waals surface area contributed by atoms with Gasteiger partial charge in [0.05, 0.1) is 6.61 Å². The first kappa shape index (κ1) is 15.4. The van der Waals surface area contributed by atoms with E-state index in [1.165, 1.54) is 6.92 Å². The number of carbonyl (C=O) groups is 1. The highest BCUT2D eigenvalue weighted by Crippen LogP contribution is 2.39. The Kier molecular flexibility index (Phi) is 4.18. The molecular weight excluding hydrogens is 288 g/mol. The van der Waals surface area contributed by atoms with Gasteiger partial charge < -0.3 is 23.7 Å². The van der Waals surface area contributed by atoms with Crippen LogP contribution in [0.2, 0.25) is 0 Å². The summed E-state index contributed by atoms with van der Waals surface area (Å²) < 4.78 is 28.2. The van der Waals surface area contributed by atoms with Gasteiger partial charge >= 0.3 is 5.97 Å². The molecule has 2 aliphatic heterocycles. The van der Waals surface area contributed by atoms with Gasteiger partial charge in [-0.05, 0) is 19.4 Å². The molecule has 2 saturated heterocycles. The largest absolute Gasteiger partial charge is 0.433 e. The van der Waals surface area contributed by atoms with E-state index in [0.29, 0.717) is 6.61 Å². The van der Waals surface area contributed by atoms with E-state index < -0.39 is 36.5 Å². The van der Waals surface area contributed by atoms with Crippen molar-refractivity contribution in [3.63, 3.8) is 0 Å². The number of rotatable bonds is 4. The molecule has 2 aliphatic rings. The van der Waals surface area contributed by atoms with Gasteiger partial charge in [0.15, 0.2) is 18.2 Å². The van der Waals surface area contributed by atoms with Gasteiger partial charge in [-0.25, -0.2) is 0 Å². The Bertz CT molecular complexity index is 529. The van der Waals surface area contributed by atoms with Crippen LogP contribution in [0.25, 0.3) is 0 Å². The van der Waals surface area contributed by atoms with Crippen LogP contribution < -0.4 is 0 Å². The number of carbonyl (C=O) groups excluding carboxylic acids is 1. The summed E-state index contributed by atoms with van der Waals surface area (Å²) in [5.41, 5.74) is 1.02. The van der Waals surface area contributed by atoms with Crippen LogP contribution in [0, 0.1) is 0 Å². The quantitative estimate of drug-likeness (QED) is 0.793. The fraction of sp³-hybridized carbons (Fsp3) is 0.562. The van der Waals surface area contributed by atoms with Gasteiger partial charge in [-0.15, -0.1) is 0 Å². The normalized spacial score (nSPS) is 32.7. The monoisotopic (exact) mass is 308 g/mol. The highest BCUT2D eigenvalue weighted by molar-refractivity contribution is 5.66. The second-order valence-corrected chi connectivity index (χ2v) is 5.84. The van der Waals surface area contributed by atoms with Crippen molar-refractivity contribution in [2.45, 2.75) is 58.0 Å². The van der Waals surface area contributed by atoms with Crippen LogP contribution in [0.5, 0.6) is 0 Å². The summed E-state index contributed by atoms with van der Waals surface area (Å²) in [6.07, 6.45) is -2.37. The lowest BCUT2D eigenvalue weighted by atomic mass is 10.2. The molecule has 1 aromatic carbocycles. The lowest BCUT2D eigenvalue weighted by molar-refractivity contribution is -0.271. The lowest BCUT2D eigenvalue weighted by Gasteiger charge is -2.23. The van der Waals surface area contributed by atoms with Crippen LogP contribution in [0.15, 0.2) is 30.3 Å². The second kappa shape index (κ2) is 5.96. The van der Waals surface area contributed by atoms with Crippen molar-refractivity contribution in [2.24, 2.45) is 0 Å². The van der Waals surface area contributed by atoms with E-state index in [1.807, 2.05) is 44.2 Å². The SMILES string of the molecule is CC(=O)O[C@@H]1O[C@@H](OCc2ccccc2)[C@@H]2OC(C)(C)O[C@H]12. The van der Waals surface area contributed by atoms with Crippen molar-refractivity contribution in [2.75, 3.05) is 0 Å². The van der Waals surface area contributed by atoms with Crippen molar-refractivity contribution in [1.82, 2.24) is 0 Å². The third kappa shape index (κ3) is 3.30. The molecule has 0 spiro atoms. The molecule has 0 bridgehead atoms. The highest BCUT2D eigenvalue weighted by Gasteiger charge is 2.57. The number of benzene rings is 1.